The minimum absolute atomic E-state index is 0.0676. The van der Waals surface area contributed by atoms with Gasteiger partial charge in [0.15, 0.2) is 0 Å². The highest BCUT2D eigenvalue weighted by Gasteiger charge is 2.27. The van der Waals surface area contributed by atoms with Gasteiger partial charge in [-0.15, -0.1) is 0 Å². The topological polar surface area (TPSA) is 40.5 Å². The molecule has 1 fully saturated rings. The summed E-state index contributed by atoms with van der Waals surface area (Å²) in [7, 11) is 0. The molecule has 1 amide bonds. The van der Waals surface area contributed by atoms with Gasteiger partial charge in [-0.25, -0.2) is 4.39 Å². The van der Waals surface area contributed by atoms with Crippen LogP contribution in [0, 0.1) is 18.7 Å². The smallest absolute Gasteiger partial charge is 0.253 e. The molecule has 1 heterocycles. The van der Waals surface area contributed by atoms with E-state index >= 15 is 0 Å². The van der Waals surface area contributed by atoms with Gasteiger partial charge in [0.25, 0.3) is 5.91 Å². The van der Waals surface area contributed by atoms with Crippen LogP contribution < -0.4 is 0 Å². The van der Waals surface area contributed by atoms with Gasteiger partial charge in [-0.1, -0.05) is 13.0 Å². The summed E-state index contributed by atoms with van der Waals surface area (Å²) in [6, 6.07) is 4.55. The number of aliphatic hydroxyl groups is 1. The molecule has 1 saturated heterocycles. The van der Waals surface area contributed by atoms with Crippen LogP contribution >= 0.6 is 0 Å². The molecular weight excluding hydrogens is 233 g/mol. The Morgan fingerprint density at radius 3 is 2.83 bits per heavy atom. The van der Waals surface area contributed by atoms with Gasteiger partial charge in [0.1, 0.15) is 5.82 Å². The number of hydrogen-bond donors (Lipinski definition) is 1. The van der Waals surface area contributed by atoms with Gasteiger partial charge in [-0.05, 0) is 37.0 Å². The molecule has 1 aliphatic rings. The van der Waals surface area contributed by atoms with Crippen molar-refractivity contribution in [2.75, 3.05) is 13.1 Å². The lowest BCUT2D eigenvalue weighted by molar-refractivity contribution is 0.0297. The average Bonchev–Trinajstić information content (AvgIpc) is 2.35. The Morgan fingerprint density at radius 1 is 1.50 bits per heavy atom. The first-order valence-corrected chi connectivity index (χ1v) is 6.22. The molecule has 0 bridgehead atoms. The number of aliphatic hydroxyl groups excluding tert-OH is 1. The van der Waals surface area contributed by atoms with Crippen LogP contribution in [-0.4, -0.2) is 35.1 Å². The highest BCUT2D eigenvalue weighted by Crippen LogP contribution is 2.19. The maximum absolute atomic E-state index is 13.4. The number of halogens is 1. The molecular formula is C14H18FNO2. The lowest BCUT2D eigenvalue weighted by Crippen LogP contribution is -2.45. The second-order valence-electron chi connectivity index (χ2n) is 5.05. The summed E-state index contributed by atoms with van der Waals surface area (Å²) in [4.78, 5) is 13.9. The SMILES string of the molecule is Cc1ccc(C(=O)N2CCC(O)C(C)C2)cc1F. The van der Waals surface area contributed by atoms with Crippen molar-refractivity contribution in [3.8, 4) is 0 Å². The van der Waals surface area contributed by atoms with Gasteiger partial charge in [0.2, 0.25) is 0 Å². The molecule has 4 heteroatoms. The predicted octanol–water partition coefficient (Wildman–Crippen LogP) is 1.98. The van der Waals surface area contributed by atoms with Crippen molar-refractivity contribution in [1.82, 2.24) is 4.90 Å². The summed E-state index contributed by atoms with van der Waals surface area (Å²) in [5.74, 6) is -0.448. The number of aryl methyl sites for hydroxylation is 1. The first-order chi connectivity index (χ1) is 8.49. The Balaban J connectivity index is 2.14. The van der Waals surface area contributed by atoms with Crippen molar-refractivity contribution in [1.29, 1.82) is 0 Å². The molecule has 2 unspecified atom stereocenters. The highest BCUT2D eigenvalue weighted by molar-refractivity contribution is 5.94. The number of amides is 1. The molecule has 1 aromatic carbocycles. The minimum atomic E-state index is -0.356. The largest absolute Gasteiger partial charge is 0.393 e. The number of carbonyl (C=O) groups is 1. The van der Waals surface area contributed by atoms with Crippen molar-refractivity contribution < 1.29 is 14.3 Å². The van der Waals surface area contributed by atoms with Gasteiger partial charge in [0, 0.05) is 18.7 Å². The number of nitrogens with zero attached hydrogens (tertiary/aromatic N) is 1. The third-order valence-corrected chi connectivity index (χ3v) is 3.57. The lowest BCUT2D eigenvalue weighted by Gasteiger charge is -2.34. The van der Waals surface area contributed by atoms with E-state index in [1.54, 1.807) is 24.0 Å². The van der Waals surface area contributed by atoms with E-state index in [4.69, 9.17) is 0 Å². The van der Waals surface area contributed by atoms with E-state index < -0.39 is 0 Å². The molecule has 0 saturated carbocycles. The molecule has 1 aliphatic heterocycles. The number of rotatable bonds is 1. The molecule has 98 valence electrons. The fourth-order valence-corrected chi connectivity index (χ4v) is 2.23. The zero-order valence-corrected chi connectivity index (χ0v) is 10.7. The van der Waals surface area contributed by atoms with Gasteiger partial charge in [-0.3, -0.25) is 4.79 Å². The van der Waals surface area contributed by atoms with Gasteiger partial charge in [0.05, 0.1) is 6.10 Å². The number of benzene rings is 1. The standard InChI is InChI=1S/C14H18FNO2/c1-9-3-4-11(7-12(9)15)14(18)16-6-5-13(17)10(2)8-16/h3-4,7,10,13,17H,5-6,8H2,1-2H3. The Bertz CT molecular complexity index is 461. The second-order valence-corrected chi connectivity index (χ2v) is 5.05. The molecule has 0 aliphatic carbocycles. The second kappa shape index (κ2) is 5.06. The number of hydrogen-bond acceptors (Lipinski definition) is 2. The van der Waals surface area contributed by atoms with E-state index in [9.17, 15) is 14.3 Å². The number of piperidine rings is 1. The fraction of sp³-hybridized carbons (Fsp3) is 0.500. The Kier molecular flexibility index (Phi) is 3.66. The molecule has 1 aromatic rings. The van der Waals surface area contributed by atoms with Crippen LogP contribution in [0.15, 0.2) is 18.2 Å². The zero-order valence-electron chi connectivity index (χ0n) is 10.7. The molecule has 18 heavy (non-hydrogen) atoms. The third kappa shape index (κ3) is 2.53. The van der Waals surface area contributed by atoms with Crippen LogP contribution in [0.2, 0.25) is 0 Å². The van der Waals surface area contributed by atoms with E-state index in [2.05, 4.69) is 0 Å². The predicted molar refractivity (Wildman–Crippen MR) is 66.8 cm³/mol. The normalized spacial score (nSPS) is 24.1. The molecule has 0 spiro atoms. The minimum Gasteiger partial charge on any atom is -0.393 e. The van der Waals surface area contributed by atoms with Crippen molar-refractivity contribution >= 4 is 5.91 Å². The number of carbonyl (C=O) groups excluding carboxylic acids is 1. The van der Waals surface area contributed by atoms with Crippen LogP contribution in [0.3, 0.4) is 0 Å². The van der Waals surface area contributed by atoms with Crippen LogP contribution in [0.1, 0.15) is 29.3 Å². The summed E-state index contributed by atoms with van der Waals surface area (Å²) in [5, 5.41) is 9.63. The molecule has 2 atom stereocenters. The summed E-state index contributed by atoms with van der Waals surface area (Å²) >= 11 is 0. The van der Waals surface area contributed by atoms with Crippen LogP contribution in [-0.2, 0) is 0 Å². The Morgan fingerprint density at radius 2 is 2.22 bits per heavy atom. The Hall–Kier alpha value is -1.42. The number of likely N-dealkylation sites (tertiary alicyclic amines) is 1. The van der Waals surface area contributed by atoms with Gasteiger partial charge >= 0.3 is 0 Å². The summed E-state index contributed by atoms with van der Waals surface area (Å²) < 4.78 is 13.4. The first kappa shape index (κ1) is 13.0. The van der Waals surface area contributed by atoms with Gasteiger partial charge in [-0.2, -0.15) is 0 Å². The quantitative estimate of drug-likeness (QED) is 0.829. The van der Waals surface area contributed by atoms with E-state index in [0.29, 0.717) is 30.6 Å². The fourth-order valence-electron chi connectivity index (χ4n) is 2.23. The average molecular weight is 251 g/mol. The molecule has 1 N–H and O–H groups in total. The first-order valence-electron chi connectivity index (χ1n) is 6.22. The Labute approximate surface area is 106 Å². The van der Waals surface area contributed by atoms with E-state index in [1.165, 1.54) is 6.07 Å². The molecule has 0 aromatic heterocycles. The summed E-state index contributed by atoms with van der Waals surface area (Å²) in [6.45, 7) is 4.64. The van der Waals surface area contributed by atoms with Crippen molar-refractivity contribution in [3.05, 3.63) is 35.1 Å². The van der Waals surface area contributed by atoms with Crippen LogP contribution in [0.25, 0.3) is 0 Å². The van der Waals surface area contributed by atoms with E-state index in [0.717, 1.165) is 0 Å². The van der Waals surface area contributed by atoms with Gasteiger partial charge < -0.3 is 10.0 Å². The maximum Gasteiger partial charge on any atom is 0.253 e. The molecule has 0 radical (unpaired) electrons. The van der Waals surface area contributed by atoms with Crippen LogP contribution in [0.5, 0.6) is 0 Å². The van der Waals surface area contributed by atoms with Crippen molar-refractivity contribution in [2.24, 2.45) is 5.92 Å². The summed E-state index contributed by atoms with van der Waals surface area (Å²) in [6.07, 6.45) is 0.241. The lowest BCUT2D eigenvalue weighted by atomic mass is 9.96. The van der Waals surface area contributed by atoms with Crippen LogP contribution in [0.4, 0.5) is 4.39 Å². The summed E-state index contributed by atoms with van der Waals surface area (Å²) in [5.41, 5.74) is 0.913. The van der Waals surface area contributed by atoms with E-state index in [1.807, 2.05) is 6.92 Å². The molecule has 3 nitrogen and oxygen atoms in total. The zero-order chi connectivity index (χ0) is 13.3. The highest BCUT2D eigenvalue weighted by atomic mass is 19.1. The molecule has 2 rings (SSSR count). The monoisotopic (exact) mass is 251 g/mol. The van der Waals surface area contributed by atoms with Crippen molar-refractivity contribution in [2.45, 2.75) is 26.4 Å². The van der Waals surface area contributed by atoms with Crippen molar-refractivity contribution in [3.63, 3.8) is 0 Å². The third-order valence-electron chi connectivity index (χ3n) is 3.57. The van der Waals surface area contributed by atoms with E-state index in [-0.39, 0.29) is 23.7 Å². The maximum atomic E-state index is 13.4.